The number of rotatable bonds is 6. The predicted octanol–water partition coefficient (Wildman–Crippen LogP) is 6.03. The molecule has 0 aliphatic rings. The number of halogens is 1. The second kappa shape index (κ2) is 8.31. The van der Waals surface area contributed by atoms with Gasteiger partial charge < -0.3 is 4.74 Å². The van der Waals surface area contributed by atoms with E-state index in [-0.39, 0.29) is 11.9 Å². The van der Waals surface area contributed by atoms with Crippen LogP contribution in [0.15, 0.2) is 30.3 Å². The zero-order chi connectivity index (χ0) is 20.4. The summed E-state index contributed by atoms with van der Waals surface area (Å²) in [6.45, 7) is 10.0. The number of nitrogens with zero attached hydrogens (tertiary/aromatic N) is 3. The fraction of sp³-hybridized carbons (Fsp3) is 0.409. The Labute approximate surface area is 170 Å². The summed E-state index contributed by atoms with van der Waals surface area (Å²) < 4.78 is 5.68. The maximum Gasteiger partial charge on any atom is 0.308 e. The third-order valence-electron chi connectivity index (χ3n) is 5.25. The Kier molecular flexibility index (Phi) is 6.04. The van der Waals surface area contributed by atoms with Crippen molar-refractivity contribution in [1.82, 2.24) is 15.0 Å². The zero-order valence-electron chi connectivity index (χ0n) is 17.0. The minimum atomic E-state index is -0.359. The second-order valence-corrected chi connectivity index (χ2v) is 7.73. The van der Waals surface area contributed by atoms with Gasteiger partial charge in [0.1, 0.15) is 16.7 Å². The summed E-state index contributed by atoms with van der Waals surface area (Å²) in [5, 5.41) is 9.80. The van der Waals surface area contributed by atoms with Gasteiger partial charge in [0.05, 0.1) is 0 Å². The van der Waals surface area contributed by atoms with Gasteiger partial charge in [-0.1, -0.05) is 45.4 Å². The molecule has 2 unspecified atom stereocenters. The molecule has 0 spiro atoms. The van der Waals surface area contributed by atoms with Gasteiger partial charge in [0.15, 0.2) is 5.75 Å². The lowest BCUT2D eigenvalue weighted by molar-refractivity contribution is -0.131. The Balaban J connectivity index is 2.29. The first-order valence-electron chi connectivity index (χ1n) is 9.73. The summed E-state index contributed by atoms with van der Waals surface area (Å²) in [5.41, 5.74) is 4.29. The molecule has 28 heavy (non-hydrogen) atoms. The first-order valence-corrected chi connectivity index (χ1v) is 10.1. The predicted molar refractivity (Wildman–Crippen MR) is 113 cm³/mol. The van der Waals surface area contributed by atoms with Crippen LogP contribution in [0.25, 0.3) is 16.7 Å². The van der Waals surface area contributed by atoms with Crippen molar-refractivity contribution in [2.75, 3.05) is 0 Å². The first-order chi connectivity index (χ1) is 13.3. The van der Waals surface area contributed by atoms with E-state index in [9.17, 15) is 4.79 Å². The van der Waals surface area contributed by atoms with Crippen molar-refractivity contribution in [3.05, 3.63) is 46.5 Å². The van der Waals surface area contributed by atoms with E-state index >= 15 is 0 Å². The number of ether oxygens (including phenoxy) is 1. The van der Waals surface area contributed by atoms with Gasteiger partial charge in [0.2, 0.25) is 0 Å². The van der Waals surface area contributed by atoms with Crippen molar-refractivity contribution in [3.63, 3.8) is 0 Å². The van der Waals surface area contributed by atoms with Crippen LogP contribution in [0.3, 0.4) is 0 Å². The number of aromatic nitrogens is 3. The van der Waals surface area contributed by atoms with Gasteiger partial charge in [-0.2, -0.15) is 0 Å². The van der Waals surface area contributed by atoms with Gasteiger partial charge in [-0.15, -0.1) is 15.0 Å². The molecule has 3 rings (SSSR count). The summed E-state index contributed by atoms with van der Waals surface area (Å²) in [4.78, 5) is 13.4. The molecular weight excluding hydrogens is 374 g/mol. The van der Waals surface area contributed by atoms with Crippen molar-refractivity contribution in [3.8, 4) is 11.4 Å². The quantitative estimate of drug-likeness (QED) is 0.375. The monoisotopic (exact) mass is 399 g/mol. The van der Waals surface area contributed by atoms with E-state index in [1.165, 1.54) is 12.5 Å². The Bertz CT molecular complexity index is 1010. The fourth-order valence-corrected chi connectivity index (χ4v) is 3.33. The second-order valence-electron chi connectivity index (χ2n) is 7.29. The highest BCUT2D eigenvalue weighted by molar-refractivity contribution is 6.31. The van der Waals surface area contributed by atoms with Crippen LogP contribution in [0.5, 0.6) is 5.75 Å². The highest BCUT2D eigenvalue weighted by atomic mass is 35.5. The molecule has 148 valence electrons. The highest BCUT2D eigenvalue weighted by Gasteiger charge is 2.22. The number of hydrogen-bond acceptors (Lipinski definition) is 4. The normalized spacial score (nSPS) is 13.5. The average Bonchev–Trinajstić information content (AvgIpc) is 3.09. The number of fused-ring (bicyclic) bond motifs is 1. The molecule has 2 aromatic carbocycles. The molecule has 0 aliphatic heterocycles. The summed E-state index contributed by atoms with van der Waals surface area (Å²) in [5.74, 6) is 0.769. The van der Waals surface area contributed by atoms with Crippen LogP contribution < -0.4 is 4.74 Å². The van der Waals surface area contributed by atoms with Gasteiger partial charge in [-0.05, 0) is 54.5 Å². The van der Waals surface area contributed by atoms with Gasteiger partial charge in [0, 0.05) is 17.5 Å². The molecule has 0 bridgehead atoms. The molecular formula is C22H26ClN3O2. The van der Waals surface area contributed by atoms with Crippen molar-refractivity contribution >= 4 is 28.6 Å². The number of carbonyl (C=O) groups is 1. The van der Waals surface area contributed by atoms with Gasteiger partial charge in [0.25, 0.3) is 0 Å². The van der Waals surface area contributed by atoms with Crippen LogP contribution in [0.4, 0.5) is 0 Å². The van der Waals surface area contributed by atoms with Crippen molar-refractivity contribution in [2.45, 2.75) is 59.3 Å². The third kappa shape index (κ3) is 4.04. The molecule has 0 saturated carbocycles. The van der Waals surface area contributed by atoms with Gasteiger partial charge >= 0.3 is 5.97 Å². The largest absolute Gasteiger partial charge is 0.424 e. The van der Waals surface area contributed by atoms with Crippen LogP contribution in [0.2, 0.25) is 5.02 Å². The van der Waals surface area contributed by atoms with Gasteiger partial charge in [-0.25, -0.2) is 0 Å². The van der Waals surface area contributed by atoms with Crippen LogP contribution in [0.1, 0.15) is 70.4 Å². The van der Waals surface area contributed by atoms with E-state index < -0.39 is 0 Å². The molecule has 0 fully saturated rings. The molecule has 0 N–H and O–H groups in total. The van der Waals surface area contributed by atoms with E-state index in [0.29, 0.717) is 27.9 Å². The lowest BCUT2D eigenvalue weighted by Crippen LogP contribution is -2.12. The molecule has 0 aliphatic carbocycles. The maximum atomic E-state index is 11.9. The topological polar surface area (TPSA) is 57.0 Å². The lowest BCUT2D eigenvalue weighted by atomic mass is 9.90. The molecule has 1 heterocycles. The summed E-state index contributed by atoms with van der Waals surface area (Å²) >= 11 is 6.10. The molecule has 3 aromatic rings. The van der Waals surface area contributed by atoms with Crippen LogP contribution in [-0.4, -0.2) is 21.0 Å². The average molecular weight is 400 g/mol. The van der Waals surface area contributed by atoms with Crippen LogP contribution in [-0.2, 0) is 4.79 Å². The molecule has 0 saturated heterocycles. The van der Waals surface area contributed by atoms with Crippen LogP contribution in [0, 0.1) is 0 Å². The molecule has 0 amide bonds. The Morgan fingerprint density at radius 2 is 1.75 bits per heavy atom. The van der Waals surface area contributed by atoms with E-state index in [0.717, 1.165) is 23.9 Å². The molecule has 0 radical (unpaired) electrons. The summed E-state index contributed by atoms with van der Waals surface area (Å²) in [7, 11) is 0. The van der Waals surface area contributed by atoms with E-state index in [1.807, 2.05) is 12.1 Å². The van der Waals surface area contributed by atoms with Crippen molar-refractivity contribution in [1.29, 1.82) is 0 Å². The van der Waals surface area contributed by atoms with E-state index in [4.69, 9.17) is 16.3 Å². The molecule has 1 aromatic heterocycles. The van der Waals surface area contributed by atoms with Gasteiger partial charge in [-0.3, -0.25) is 4.79 Å². The zero-order valence-corrected chi connectivity index (χ0v) is 17.7. The standard InChI is InChI=1S/C22H26ClN3O2/c1-6-13(3)16-10-18(14(4)7-2)22(28-15(5)27)21(11-16)26-24-19-9-8-17(23)12-20(19)25-26/h8-14H,6-7H2,1-5H3. The fourth-order valence-electron chi connectivity index (χ4n) is 3.16. The van der Waals surface area contributed by atoms with Crippen molar-refractivity contribution < 1.29 is 9.53 Å². The maximum absolute atomic E-state index is 11.9. The Hall–Kier alpha value is -2.40. The molecule has 5 nitrogen and oxygen atoms in total. The molecule has 6 heteroatoms. The number of benzene rings is 2. The number of hydrogen-bond donors (Lipinski definition) is 0. The Morgan fingerprint density at radius 1 is 1.07 bits per heavy atom. The van der Waals surface area contributed by atoms with E-state index in [1.54, 1.807) is 16.9 Å². The number of carbonyl (C=O) groups excluding carboxylic acids is 1. The third-order valence-corrected chi connectivity index (χ3v) is 5.48. The first kappa shape index (κ1) is 20.3. The SMILES string of the molecule is CCC(C)c1cc(C(C)CC)c(OC(C)=O)c(-n2nc3ccc(Cl)cc3n2)c1. The van der Waals surface area contributed by atoms with Crippen molar-refractivity contribution in [2.24, 2.45) is 0 Å². The van der Waals surface area contributed by atoms with E-state index in [2.05, 4.69) is 44.0 Å². The highest BCUT2D eigenvalue weighted by Crippen LogP contribution is 2.38. The lowest BCUT2D eigenvalue weighted by Gasteiger charge is -2.21. The smallest absolute Gasteiger partial charge is 0.308 e. The summed E-state index contributed by atoms with van der Waals surface area (Å²) in [6, 6.07) is 9.58. The minimum absolute atomic E-state index is 0.233. The van der Waals surface area contributed by atoms with Crippen LogP contribution >= 0.6 is 11.6 Å². The Morgan fingerprint density at radius 3 is 2.39 bits per heavy atom. The minimum Gasteiger partial charge on any atom is -0.424 e. The summed E-state index contributed by atoms with van der Waals surface area (Å²) in [6.07, 6.45) is 1.94. The number of esters is 1. The molecule has 2 atom stereocenters.